The maximum absolute atomic E-state index is 12.7. The van der Waals surface area contributed by atoms with Crippen LogP contribution in [0.3, 0.4) is 0 Å². The first-order chi connectivity index (χ1) is 13.1. The summed E-state index contributed by atoms with van der Waals surface area (Å²) in [5, 5.41) is 3.14. The lowest BCUT2D eigenvalue weighted by atomic mass is 9.89. The maximum atomic E-state index is 12.7. The number of ketones is 1. The molecule has 2 amide bonds. The Morgan fingerprint density at radius 1 is 1.15 bits per heavy atom. The molecule has 1 aliphatic heterocycles. The molecule has 2 aromatic rings. The van der Waals surface area contributed by atoms with Crippen molar-refractivity contribution in [2.45, 2.75) is 12.8 Å². The van der Waals surface area contributed by atoms with Crippen molar-refractivity contribution in [2.75, 3.05) is 31.6 Å². The molecule has 1 saturated heterocycles. The van der Waals surface area contributed by atoms with Crippen LogP contribution in [0.1, 0.15) is 32.1 Å². The number of thiazole rings is 1. The van der Waals surface area contributed by atoms with Gasteiger partial charge in [-0.3, -0.25) is 19.7 Å². The molecule has 1 aromatic heterocycles. The highest BCUT2D eigenvalue weighted by Crippen LogP contribution is 2.33. The topological polar surface area (TPSA) is 88.6 Å². The number of nitrogens with zero attached hydrogens (tertiary/aromatic N) is 2. The lowest BCUT2D eigenvalue weighted by Gasteiger charge is -2.31. The molecule has 1 aliphatic carbocycles. The number of nitrogens with one attached hydrogen (secondary N) is 1. The molecule has 140 valence electrons. The normalized spacial score (nSPS) is 19.5. The number of hydrogen-bond donors (Lipinski definition) is 1. The van der Waals surface area contributed by atoms with E-state index in [4.69, 9.17) is 4.74 Å². The van der Waals surface area contributed by atoms with Gasteiger partial charge < -0.3 is 9.64 Å². The number of aromatic nitrogens is 1. The summed E-state index contributed by atoms with van der Waals surface area (Å²) >= 11 is 1.18. The molecule has 0 saturated carbocycles. The van der Waals surface area contributed by atoms with Gasteiger partial charge in [-0.2, -0.15) is 0 Å². The van der Waals surface area contributed by atoms with E-state index in [-0.39, 0.29) is 29.9 Å². The Morgan fingerprint density at radius 2 is 1.89 bits per heavy atom. The van der Waals surface area contributed by atoms with E-state index in [9.17, 15) is 14.4 Å². The second-order valence-corrected chi connectivity index (χ2v) is 7.58. The Balaban J connectivity index is 1.48. The average molecular weight is 385 g/mol. The van der Waals surface area contributed by atoms with Crippen molar-refractivity contribution in [1.82, 2.24) is 9.88 Å². The number of benzene rings is 1. The van der Waals surface area contributed by atoms with Gasteiger partial charge in [-0.05, 0) is 12.1 Å². The smallest absolute Gasteiger partial charge is 0.257 e. The fourth-order valence-electron chi connectivity index (χ4n) is 3.36. The number of carbonyl (C=O) groups excluding carboxylic acids is 3. The number of carbonyl (C=O) groups is 3. The fraction of sp³-hybridized carbons (Fsp3) is 0.368. The molecule has 0 bridgehead atoms. The molecule has 1 unspecified atom stereocenters. The van der Waals surface area contributed by atoms with Gasteiger partial charge in [0.2, 0.25) is 5.91 Å². The van der Waals surface area contributed by atoms with Gasteiger partial charge in [0, 0.05) is 31.5 Å². The largest absolute Gasteiger partial charge is 0.378 e. The van der Waals surface area contributed by atoms with Crippen molar-refractivity contribution in [2.24, 2.45) is 5.92 Å². The van der Waals surface area contributed by atoms with Gasteiger partial charge in [-0.25, -0.2) is 4.98 Å². The van der Waals surface area contributed by atoms with Gasteiger partial charge in [-0.1, -0.05) is 29.5 Å². The van der Waals surface area contributed by atoms with E-state index in [2.05, 4.69) is 10.3 Å². The molecule has 1 fully saturated rings. The van der Waals surface area contributed by atoms with Crippen molar-refractivity contribution >= 4 is 34.1 Å². The summed E-state index contributed by atoms with van der Waals surface area (Å²) in [6.07, 6.45) is 0.617. The summed E-state index contributed by atoms with van der Waals surface area (Å²) in [6.45, 7) is 2.19. The minimum atomic E-state index is -0.386. The summed E-state index contributed by atoms with van der Waals surface area (Å²) in [5.41, 5.74) is 1.13. The van der Waals surface area contributed by atoms with Gasteiger partial charge in [0.25, 0.3) is 5.91 Å². The quantitative estimate of drug-likeness (QED) is 0.873. The molecule has 1 atom stereocenters. The monoisotopic (exact) mass is 385 g/mol. The molecule has 1 aromatic carbocycles. The highest BCUT2D eigenvalue weighted by Gasteiger charge is 2.35. The summed E-state index contributed by atoms with van der Waals surface area (Å²) in [4.78, 5) is 44.2. The molecule has 0 spiro atoms. The zero-order chi connectivity index (χ0) is 18.8. The molecule has 0 radical (unpaired) electrons. The molecule has 8 heteroatoms. The summed E-state index contributed by atoms with van der Waals surface area (Å²) in [7, 11) is 0. The van der Waals surface area contributed by atoms with Gasteiger partial charge >= 0.3 is 0 Å². The minimum Gasteiger partial charge on any atom is -0.378 e. The molecular formula is C19H19N3O4S. The van der Waals surface area contributed by atoms with Crippen LogP contribution in [0.5, 0.6) is 0 Å². The third-order valence-electron chi connectivity index (χ3n) is 4.75. The third-order valence-corrected chi connectivity index (χ3v) is 5.80. The predicted octanol–water partition coefficient (Wildman–Crippen LogP) is 2.00. The van der Waals surface area contributed by atoms with Gasteiger partial charge in [0.1, 0.15) is 0 Å². The van der Waals surface area contributed by atoms with E-state index in [0.29, 0.717) is 54.0 Å². The summed E-state index contributed by atoms with van der Waals surface area (Å²) in [6, 6.07) is 8.83. The molecule has 1 N–H and O–H groups in total. The number of hydrogen-bond acceptors (Lipinski definition) is 6. The Hall–Kier alpha value is -2.58. The van der Waals surface area contributed by atoms with Crippen LogP contribution in [0.25, 0.3) is 0 Å². The van der Waals surface area contributed by atoms with E-state index in [0.717, 1.165) is 0 Å². The SMILES string of the molecule is O=C(Nc1nc2c(s1)C(=O)CC(C(=O)N1CCOCC1)C2)c1ccccc1. The number of morpholine rings is 1. The Kier molecular flexibility index (Phi) is 5.00. The van der Waals surface area contributed by atoms with Crippen LogP contribution in [0.15, 0.2) is 30.3 Å². The number of amides is 2. The summed E-state index contributed by atoms with van der Waals surface area (Å²) in [5.74, 6) is -0.751. The van der Waals surface area contributed by atoms with Crippen LogP contribution in [0.2, 0.25) is 0 Å². The number of ether oxygens (including phenoxy) is 1. The lowest BCUT2D eigenvalue weighted by Crippen LogP contribution is -2.45. The van der Waals surface area contributed by atoms with Crippen LogP contribution >= 0.6 is 11.3 Å². The molecule has 2 heterocycles. The Bertz CT molecular complexity index is 874. The second-order valence-electron chi connectivity index (χ2n) is 6.58. The minimum absolute atomic E-state index is 0.0137. The number of fused-ring (bicyclic) bond motifs is 1. The van der Waals surface area contributed by atoms with Crippen LogP contribution in [-0.4, -0.2) is 53.8 Å². The first kappa shape index (κ1) is 17.8. The fourth-order valence-corrected chi connectivity index (χ4v) is 4.30. The second kappa shape index (κ2) is 7.58. The van der Waals surface area contributed by atoms with E-state index >= 15 is 0 Å². The van der Waals surface area contributed by atoms with E-state index in [1.54, 1.807) is 29.2 Å². The predicted molar refractivity (Wildman–Crippen MR) is 100 cm³/mol. The van der Waals surface area contributed by atoms with Crippen LogP contribution in [0.4, 0.5) is 5.13 Å². The first-order valence-corrected chi connectivity index (χ1v) is 9.69. The standard InChI is InChI=1S/C19H19N3O4S/c23-15-11-13(18(25)22-6-8-26-9-7-22)10-14-16(15)27-19(20-14)21-17(24)12-4-2-1-3-5-12/h1-5,13H,6-11H2,(H,20,21,24). The Labute approximate surface area is 160 Å². The lowest BCUT2D eigenvalue weighted by molar-refractivity contribution is -0.139. The molecular weight excluding hydrogens is 366 g/mol. The van der Waals surface area contributed by atoms with E-state index in [1.807, 2.05) is 6.07 Å². The van der Waals surface area contributed by atoms with Crippen LogP contribution < -0.4 is 5.32 Å². The van der Waals surface area contributed by atoms with Crippen molar-refractivity contribution < 1.29 is 19.1 Å². The van der Waals surface area contributed by atoms with Gasteiger partial charge in [0.05, 0.1) is 29.7 Å². The molecule has 4 rings (SSSR count). The van der Waals surface area contributed by atoms with Crippen molar-refractivity contribution in [1.29, 1.82) is 0 Å². The number of anilines is 1. The summed E-state index contributed by atoms with van der Waals surface area (Å²) < 4.78 is 5.28. The van der Waals surface area contributed by atoms with E-state index < -0.39 is 0 Å². The first-order valence-electron chi connectivity index (χ1n) is 8.87. The maximum Gasteiger partial charge on any atom is 0.257 e. The van der Waals surface area contributed by atoms with Crippen LogP contribution in [0, 0.1) is 5.92 Å². The average Bonchev–Trinajstić information content (AvgIpc) is 3.11. The Morgan fingerprint density at radius 3 is 2.63 bits per heavy atom. The third kappa shape index (κ3) is 3.77. The zero-order valence-electron chi connectivity index (χ0n) is 14.6. The molecule has 27 heavy (non-hydrogen) atoms. The van der Waals surface area contributed by atoms with E-state index in [1.165, 1.54) is 11.3 Å². The van der Waals surface area contributed by atoms with Gasteiger partial charge in [0.15, 0.2) is 10.9 Å². The zero-order valence-corrected chi connectivity index (χ0v) is 15.5. The van der Waals surface area contributed by atoms with Gasteiger partial charge in [-0.15, -0.1) is 0 Å². The molecule has 7 nitrogen and oxygen atoms in total. The molecule has 2 aliphatic rings. The highest BCUT2D eigenvalue weighted by atomic mass is 32.1. The van der Waals surface area contributed by atoms with Crippen molar-refractivity contribution in [3.63, 3.8) is 0 Å². The van der Waals surface area contributed by atoms with Crippen LogP contribution in [-0.2, 0) is 16.0 Å². The number of Topliss-reactive ketones (excluding diaryl/α,β-unsaturated/α-hetero) is 1. The number of rotatable bonds is 3. The highest BCUT2D eigenvalue weighted by molar-refractivity contribution is 7.17. The van der Waals surface area contributed by atoms with Crippen molar-refractivity contribution in [3.8, 4) is 0 Å². The van der Waals surface area contributed by atoms with Crippen molar-refractivity contribution in [3.05, 3.63) is 46.5 Å².